The fraction of sp³-hybridized carbons (Fsp3) is 0.476. The van der Waals surface area contributed by atoms with Crippen molar-refractivity contribution < 1.29 is 4.79 Å². The lowest BCUT2D eigenvalue weighted by atomic mass is 9.87. The van der Waals surface area contributed by atoms with Crippen LogP contribution in [0, 0.1) is 5.92 Å². The number of halogens is 1. The first-order valence-corrected chi connectivity index (χ1v) is 10.1. The number of carbonyl (C=O) groups excluding carboxylic acids is 1. The first-order chi connectivity index (χ1) is 13.1. The zero-order chi connectivity index (χ0) is 19.1. The summed E-state index contributed by atoms with van der Waals surface area (Å²) in [4.78, 5) is 24.1. The van der Waals surface area contributed by atoms with Crippen LogP contribution in [-0.2, 0) is 11.3 Å². The summed E-state index contributed by atoms with van der Waals surface area (Å²) < 4.78 is 1.46. The van der Waals surface area contributed by atoms with Crippen molar-refractivity contribution in [3.8, 4) is 11.3 Å². The Balaban J connectivity index is 1.49. The van der Waals surface area contributed by atoms with Crippen LogP contribution in [0.15, 0.2) is 41.2 Å². The molecule has 5 nitrogen and oxygen atoms in total. The normalized spacial score (nSPS) is 14.9. The summed E-state index contributed by atoms with van der Waals surface area (Å²) in [6.45, 7) is 1.04. The van der Waals surface area contributed by atoms with E-state index in [1.807, 2.05) is 12.1 Å². The molecule has 0 bridgehead atoms. The van der Waals surface area contributed by atoms with Crippen molar-refractivity contribution in [1.82, 2.24) is 15.1 Å². The Kier molecular flexibility index (Phi) is 7.04. The van der Waals surface area contributed by atoms with Gasteiger partial charge in [0, 0.05) is 36.2 Å². The van der Waals surface area contributed by atoms with E-state index in [0.717, 1.165) is 11.3 Å². The van der Waals surface area contributed by atoms with Crippen molar-refractivity contribution >= 4 is 17.5 Å². The van der Waals surface area contributed by atoms with Gasteiger partial charge in [-0.2, -0.15) is 5.10 Å². The summed E-state index contributed by atoms with van der Waals surface area (Å²) in [5.41, 5.74) is 1.50. The van der Waals surface area contributed by atoms with Crippen molar-refractivity contribution in [2.24, 2.45) is 5.92 Å². The van der Waals surface area contributed by atoms with Gasteiger partial charge in [0.05, 0.1) is 5.69 Å². The molecule has 3 rings (SSSR count). The van der Waals surface area contributed by atoms with Crippen molar-refractivity contribution in [1.29, 1.82) is 0 Å². The summed E-state index contributed by atoms with van der Waals surface area (Å²) >= 11 is 5.92. The number of hydrogen-bond donors (Lipinski definition) is 1. The molecule has 0 radical (unpaired) electrons. The van der Waals surface area contributed by atoms with Crippen LogP contribution >= 0.6 is 11.6 Å². The number of rotatable bonds is 7. The molecule has 6 heteroatoms. The van der Waals surface area contributed by atoms with Gasteiger partial charge >= 0.3 is 0 Å². The van der Waals surface area contributed by atoms with Crippen LogP contribution < -0.4 is 10.9 Å². The van der Waals surface area contributed by atoms with Crippen LogP contribution in [0.25, 0.3) is 11.3 Å². The lowest BCUT2D eigenvalue weighted by molar-refractivity contribution is -0.122. The topological polar surface area (TPSA) is 64.0 Å². The molecule has 1 amide bonds. The Morgan fingerprint density at radius 2 is 1.85 bits per heavy atom. The molecule has 0 atom stereocenters. The third kappa shape index (κ3) is 5.93. The van der Waals surface area contributed by atoms with Crippen LogP contribution in [0.1, 0.15) is 44.9 Å². The summed E-state index contributed by atoms with van der Waals surface area (Å²) in [6.07, 6.45) is 7.44. The third-order valence-electron chi connectivity index (χ3n) is 5.07. The number of nitrogens with zero attached hydrogens (tertiary/aromatic N) is 2. The molecule has 0 aliphatic heterocycles. The summed E-state index contributed by atoms with van der Waals surface area (Å²) in [5.74, 6) is 0.663. The summed E-state index contributed by atoms with van der Waals surface area (Å²) in [5, 5.41) is 8.07. The quantitative estimate of drug-likeness (QED) is 0.729. The Hall–Kier alpha value is -2.14. The second kappa shape index (κ2) is 9.70. The molecule has 0 saturated heterocycles. The molecular formula is C21H26ClN3O2. The molecule has 1 aliphatic carbocycles. The molecular weight excluding hydrogens is 362 g/mol. The first kappa shape index (κ1) is 19.6. The van der Waals surface area contributed by atoms with Crippen molar-refractivity contribution in [3.63, 3.8) is 0 Å². The maximum Gasteiger partial charge on any atom is 0.266 e. The van der Waals surface area contributed by atoms with Gasteiger partial charge in [-0.25, -0.2) is 4.68 Å². The highest BCUT2D eigenvalue weighted by Gasteiger charge is 2.16. The molecule has 1 aromatic heterocycles. The van der Waals surface area contributed by atoms with E-state index in [4.69, 9.17) is 11.6 Å². The highest BCUT2D eigenvalue weighted by atomic mass is 35.5. The van der Waals surface area contributed by atoms with Crippen LogP contribution in [0.3, 0.4) is 0 Å². The SMILES string of the molecule is O=C(CC1CCCCC1)NCCCn1nc(-c2ccc(Cl)cc2)ccc1=O. The van der Waals surface area contributed by atoms with E-state index in [1.165, 1.54) is 42.9 Å². The predicted octanol–water partition coefficient (Wildman–Crippen LogP) is 4.04. The lowest BCUT2D eigenvalue weighted by Gasteiger charge is -2.20. The molecule has 1 aromatic carbocycles. The molecule has 1 fully saturated rings. The number of amides is 1. The smallest absolute Gasteiger partial charge is 0.266 e. The maximum absolute atomic E-state index is 12.1. The second-order valence-corrected chi connectivity index (χ2v) is 7.63. The van der Waals surface area contributed by atoms with Crippen LogP contribution in [0.5, 0.6) is 0 Å². The molecule has 1 saturated carbocycles. The number of carbonyl (C=O) groups is 1. The lowest BCUT2D eigenvalue weighted by Crippen LogP contribution is -2.29. The Labute approximate surface area is 164 Å². The minimum atomic E-state index is -0.138. The molecule has 0 unspecified atom stereocenters. The van der Waals surface area contributed by atoms with Gasteiger partial charge in [-0.15, -0.1) is 0 Å². The van der Waals surface area contributed by atoms with Crippen molar-refractivity contribution in [3.05, 3.63) is 51.8 Å². The summed E-state index contributed by atoms with van der Waals surface area (Å²) in [6, 6.07) is 10.6. The van der Waals surface area contributed by atoms with E-state index in [0.29, 0.717) is 36.9 Å². The van der Waals surface area contributed by atoms with E-state index in [-0.39, 0.29) is 11.5 Å². The first-order valence-electron chi connectivity index (χ1n) is 9.72. The Morgan fingerprint density at radius 3 is 2.59 bits per heavy atom. The predicted molar refractivity (Wildman–Crippen MR) is 108 cm³/mol. The standard InChI is InChI=1S/C21H26ClN3O2/c22-18-9-7-17(8-10-18)19-11-12-21(27)25(24-19)14-4-13-23-20(26)15-16-5-2-1-3-6-16/h7-12,16H,1-6,13-15H2,(H,23,26). The van der Waals surface area contributed by atoms with Crippen LogP contribution in [0.2, 0.25) is 5.02 Å². The van der Waals surface area contributed by atoms with Gasteiger partial charge in [0.2, 0.25) is 5.91 Å². The number of aryl methyl sites for hydroxylation is 1. The fourth-order valence-electron chi connectivity index (χ4n) is 3.57. The Morgan fingerprint density at radius 1 is 1.11 bits per heavy atom. The van der Waals surface area contributed by atoms with Crippen molar-refractivity contribution in [2.75, 3.05) is 6.54 Å². The van der Waals surface area contributed by atoms with E-state index in [2.05, 4.69) is 10.4 Å². The van der Waals surface area contributed by atoms with Gasteiger partial charge in [-0.3, -0.25) is 9.59 Å². The molecule has 0 spiro atoms. The maximum atomic E-state index is 12.1. The van der Waals surface area contributed by atoms with E-state index in [9.17, 15) is 9.59 Å². The van der Waals surface area contributed by atoms with Gasteiger partial charge in [0.15, 0.2) is 0 Å². The zero-order valence-electron chi connectivity index (χ0n) is 15.5. The van der Waals surface area contributed by atoms with E-state index >= 15 is 0 Å². The molecule has 2 aromatic rings. The number of nitrogens with one attached hydrogen (secondary N) is 1. The van der Waals surface area contributed by atoms with Gasteiger partial charge in [0.25, 0.3) is 5.56 Å². The molecule has 1 heterocycles. The second-order valence-electron chi connectivity index (χ2n) is 7.20. The van der Waals surface area contributed by atoms with Gasteiger partial charge in [0.1, 0.15) is 0 Å². The van der Waals surface area contributed by atoms with E-state index < -0.39 is 0 Å². The number of aromatic nitrogens is 2. The molecule has 1 N–H and O–H groups in total. The van der Waals surface area contributed by atoms with Crippen LogP contribution in [0.4, 0.5) is 0 Å². The fourth-order valence-corrected chi connectivity index (χ4v) is 3.69. The highest BCUT2D eigenvalue weighted by Crippen LogP contribution is 2.26. The monoisotopic (exact) mass is 387 g/mol. The van der Waals surface area contributed by atoms with Crippen molar-refractivity contribution in [2.45, 2.75) is 51.5 Å². The van der Waals surface area contributed by atoms with Gasteiger partial charge in [-0.05, 0) is 43.4 Å². The minimum Gasteiger partial charge on any atom is -0.356 e. The number of benzene rings is 1. The average Bonchev–Trinajstić information content (AvgIpc) is 2.68. The zero-order valence-corrected chi connectivity index (χ0v) is 16.3. The van der Waals surface area contributed by atoms with Crippen LogP contribution in [-0.4, -0.2) is 22.2 Å². The van der Waals surface area contributed by atoms with Gasteiger partial charge < -0.3 is 5.32 Å². The molecule has 27 heavy (non-hydrogen) atoms. The molecule has 1 aliphatic rings. The van der Waals surface area contributed by atoms with Gasteiger partial charge in [-0.1, -0.05) is 43.0 Å². The van der Waals surface area contributed by atoms with E-state index in [1.54, 1.807) is 18.2 Å². The third-order valence-corrected chi connectivity index (χ3v) is 5.33. The average molecular weight is 388 g/mol. The largest absolute Gasteiger partial charge is 0.356 e. The minimum absolute atomic E-state index is 0.122. The highest BCUT2D eigenvalue weighted by molar-refractivity contribution is 6.30. The summed E-state index contributed by atoms with van der Waals surface area (Å²) in [7, 11) is 0. The molecule has 144 valence electrons. The Bertz CT molecular complexity index is 811. The number of hydrogen-bond acceptors (Lipinski definition) is 3.